The van der Waals surface area contributed by atoms with Crippen LogP contribution in [0.2, 0.25) is 0 Å². The third kappa shape index (κ3) is 7.02. The molecule has 1 atom stereocenters. The molecule has 3 rings (SSSR count). The minimum atomic E-state index is -0.704. The number of carbonyl (C=O) groups excluding carboxylic acids is 1. The number of hydrazone groups is 1. The van der Waals surface area contributed by atoms with Crippen LogP contribution in [0.25, 0.3) is 0 Å². The first kappa shape index (κ1) is 27.1. The lowest BCUT2D eigenvalue weighted by Crippen LogP contribution is -2.42. The highest BCUT2D eigenvalue weighted by Crippen LogP contribution is 2.29. The quantitative estimate of drug-likeness (QED) is 0.286. The number of hydrazine groups is 2. The number of hydrogen-bond donors (Lipinski definition) is 3. The van der Waals surface area contributed by atoms with Gasteiger partial charge in [-0.15, -0.1) is 10.6 Å². The van der Waals surface area contributed by atoms with Gasteiger partial charge in [0, 0.05) is 19.2 Å². The van der Waals surface area contributed by atoms with Crippen molar-refractivity contribution in [2.75, 3.05) is 19.0 Å². The van der Waals surface area contributed by atoms with Crippen molar-refractivity contribution in [3.63, 3.8) is 0 Å². The smallest absolute Gasteiger partial charge is 0.233 e. The summed E-state index contributed by atoms with van der Waals surface area (Å²) in [5.41, 5.74) is 6.94. The molecule has 2 heterocycles. The number of anilines is 1. The Kier molecular flexibility index (Phi) is 9.77. The Morgan fingerprint density at radius 1 is 1.17 bits per heavy atom. The number of rotatable bonds is 13. The maximum Gasteiger partial charge on any atom is 0.233 e. The lowest BCUT2D eigenvalue weighted by molar-refractivity contribution is -0.133. The van der Waals surface area contributed by atoms with Crippen LogP contribution in [0.4, 0.5) is 5.82 Å². The number of benzene rings is 1. The van der Waals surface area contributed by atoms with Gasteiger partial charge in [0.15, 0.2) is 18.2 Å². The molecule has 1 aromatic heterocycles. The number of aromatic nitrogens is 1. The number of hydrogen-bond acceptors (Lipinski definition) is 9. The molecule has 10 nitrogen and oxygen atoms in total. The van der Waals surface area contributed by atoms with Crippen LogP contribution >= 0.6 is 0 Å². The molecule has 1 aliphatic heterocycles. The standard InChI is InChI=1S/C26H37N7O3/c1-6-8-16-21(35-7-2)26(3,4)25(34)28-22-17-12-15-20(27-22)18-36-30-23(19-13-10-9-11-14-19)24-29-31-32-33(24)5/h9-15,17,21,31-32H,6-8,16,18H2,1-5H3,(H,27,28,34)/b30-23-. The zero-order chi connectivity index (χ0) is 26.0. The highest BCUT2D eigenvalue weighted by Gasteiger charge is 2.37. The summed E-state index contributed by atoms with van der Waals surface area (Å²) < 4.78 is 5.92. The molecule has 0 fully saturated rings. The molecule has 36 heavy (non-hydrogen) atoms. The van der Waals surface area contributed by atoms with Gasteiger partial charge < -0.3 is 14.9 Å². The van der Waals surface area contributed by atoms with Crippen molar-refractivity contribution in [1.82, 2.24) is 21.1 Å². The van der Waals surface area contributed by atoms with Gasteiger partial charge in [-0.05, 0) is 39.3 Å². The van der Waals surface area contributed by atoms with E-state index in [2.05, 4.69) is 38.6 Å². The molecule has 0 spiro atoms. The van der Waals surface area contributed by atoms with Gasteiger partial charge in [-0.25, -0.2) is 10.5 Å². The molecule has 0 bridgehead atoms. The Morgan fingerprint density at radius 2 is 1.94 bits per heavy atom. The zero-order valence-electron chi connectivity index (χ0n) is 21.7. The molecule has 1 aromatic carbocycles. The molecule has 0 saturated carbocycles. The normalized spacial score (nSPS) is 14.8. The topological polar surface area (TPSA) is 112 Å². The lowest BCUT2D eigenvalue weighted by atomic mass is 9.82. The fraction of sp³-hybridized carbons (Fsp3) is 0.462. The number of unbranched alkanes of at least 4 members (excludes halogenated alkanes) is 1. The second-order valence-electron chi connectivity index (χ2n) is 9.07. The second kappa shape index (κ2) is 13.0. The molecular weight excluding hydrogens is 458 g/mol. The van der Waals surface area contributed by atoms with Crippen molar-refractivity contribution >= 4 is 23.3 Å². The van der Waals surface area contributed by atoms with Crippen LogP contribution in [0, 0.1) is 5.41 Å². The molecule has 0 saturated heterocycles. The van der Waals surface area contributed by atoms with Crippen molar-refractivity contribution < 1.29 is 14.4 Å². The zero-order valence-corrected chi connectivity index (χ0v) is 21.7. The van der Waals surface area contributed by atoms with E-state index in [1.807, 2.05) is 70.3 Å². The minimum Gasteiger partial charge on any atom is -0.389 e. The summed E-state index contributed by atoms with van der Waals surface area (Å²) in [7, 11) is 1.82. The van der Waals surface area contributed by atoms with Crippen LogP contribution < -0.4 is 16.4 Å². The van der Waals surface area contributed by atoms with Gasteiger partial charge in [-0.1, -0.05) is 61.3 Å². The summed E-state index contributed by atoms with van der Waals surface area (Å²) in [6.45, 7) is 8.60. The SMILES string of the molecule is CCCCC(OCC)C(C)(C)C(=O)Nc1cccc(CO/N=C(\C2=NNNN2C)c2ccccc2)n1. The number of amidine groups is 1. The van der Waals surface area contributed by atoms with Crippen LogP contribution in [-0.4, -0.2) is 47.2 Å². The number of pyridine rings is 1. The van der Waals surface area contributed by atoms with Gasteiger partial charge >= 0.3 is 0 Å². The number of amides is 1. The van der Waals surface area contributed by atoms with Gasteiger partial charge in [0.1, 0.15) is 5.82 Å². The molecule has 1 aliphatic rings. The van der Waals surface area contributed by atoms with E-state index in [0.717, 1.165) is 24.8 Å². The molecule has 10 heteroatoms. The van der Waals surface area contributed by atoms with Crippen molar-refractivity contribution in [1.29, 1.82) is 0 Å². The first-order valence-corrected chi connectivity index (χ1v) is 12.3. The van der Waals surface area contributed by atoms with Crippen LogP contribution in [-0.2, 0) is 21.0 Å². The van der Waals surface area contributed by atoms with E-state index >= 15 is 0 Å². The maximum atomic E-state index is 13.1. The Hall–Kier alpha value is -3.50. The van der Waals surface area contributed by atoms with Gasteiger partial charge in [0.25, 0.3) is 0 Å². The Bertz CT molecular complexity index is 1060. The maximum absolute atomic E-state index is 13.1. The second-order valence-corrected chi connectivity index (χ2v) is 9.07. The minimum absolute atomic E-state index is 0.124. The van der Waals surface area contributed by atoms with E-state index < -0.39 is 5.41 Å². The third-order valence-electron chi connectivity index (χ3n) is 5.95. The van der Waals surface area contributed by atoms with Gasteiger partial charge in [-0.2, -0.15) is 0 Å². The summed E-state index contributed by atoms with van der Waals surface area (Å²) in [5, 5.41) is 13.2. The van der Waals surface area contributed by atoms with Gasteiger partial charge in [0.05, 0.1) is 17.2 Å². The Balaban J connectivity index is 1.69. The Labute approximate surface area is 213 Å². The van der Waals surface area contributed by atoms with Gasteiger partial charge in [-0.3, -0.25) is 9.80 Å². The summed E-state index contributed by atoms with van der Waals surface area (Å²) in [4.78, 5) is 23.4. The van der Waals surface area contributed by atoms with Crippen molar-refractivity contribution in [2.24, 2.45) is 15.7 Å². The average Bonchev–Trinajstić information content (AvgIpc) is 3.30. The van der Waals surface area contributed by atoms with Crippen molar-refractivity contribution in [3.8, 4) is 0 Å². The number of likely N-dealkylation sites (N-methyl/N-ethyl adjacent to an activating group) is 1. The molecule has 3 N–H and O–H groups in total. The predicted molar refractivity (Wildman–Crippen MR) is 141 cm³/mol. The predicted octanol–water partition coefficient (Wildman–Crippen LogP) is 3.83. The number of oxime groups is 1. The van der Waals surface area contributed by atoms with E-state index in [4.69, 9.17) is 9.57 Å². The molecule has 194 valence electrons. The van der Waals surface area contributed by atoms with Crippen LogP contribution in [0.1, 0.15) is 58.2 Å². The molecule has 0 radical (unpaired) electrons. The first-order valence-electron chi connectivity index (χ1n) is 12.3. The lowest BCUT2D eigenvalue weighted by Gasteiger charge is -2.32. The summed E-state index contributed by atoms with van der Waals surface area (Å²) in [6.07, 6.45) is 2.72. The molecule has 1 unspecified atom stereocenters. The molecular formula is C26H37N7O3. The van der Waals surface area contributed by atoms with Crippen molar-refractivity contribution in [2.45, 2.75) is 59.7 Å². The van der Waals surface area contributed by atoms with E-state index in [9.17, 15) is 4.79 Å². The summed E-state index contributed by atoms with van der Waals surface area (Å²) >= 11 is 0. The van der Waals surface area contributed by atoms with E-state index in [1.54, 1.807) is 11.1 Å². The summed E-state index contributed by atoms with van der Waals surface area (Å²) in [5.74, 6) is 0.916. The van der Waals surface area contributed by atoms with Gasteiger partial charge in [0.2, 0.25) is 5.91 Å². The number of carbonyl (C=O) groups is 1. The molecule has 1 amide bonds. The average molecular weight is 496 g/mol. The molecule has 0 aliphatic carbocycles. The number of nitrogens with zero attached hydrogens (tertiary/aromatic N) is 4. The fourth-order valence-corrected chi connectivity index (χ4v) is 3.77. The van der Waals surface area contributed by atoms with Crippen molar-refractivity contribution in [3.05, 3.63) is 59.8 Å². The monoisotopic (exact) mass is 495 g/mol. The van der Waals surface area contributed by atoms with E-state index in [1.165, 1.54) is 0 Å². The van der Waals surface area contributed by atoms with Crippen LogP contribution in [0.3, 0.4) is 0 Å². The Morgan fingerprint density at radius 3 is 2.61 bits per heavy atom. The number of nitrogens with one attached hydrogen (secondary N) is 3. The van der Waals surface area contributed by atoms with Crippen LogP contribution in [0.5, 0.6) is 0 Å². The summed E-state index contributed by atoms with van der Waals surface area (Å²) in [6, 6.07) is 15.1. The number of ether oxygens (including phenoxy) is 1. The highest BCUT2D eigenvalue weighted by atomic mass is 16.6. The molecule has 2 aromatic rings. The highest BCUT2D eigenvalue weighted by molar-refractivity contribution is 6.47. The third-order valence-corrected chi connectivity index (χ3v) is 5.95. The van der Waals surface area contributed by atoms with E-state index in [0.29, 0.717) is 29.7 Å². The van der Waals surface area contributed by atoms with Crippen LogP contribution in [0.15, 0.2) is 58.8 Å². The first-order chi connectivity index (χ1) is 17.4. The largest absolute Gasteiger partial charge is 0.389 e. The van der Waals surface area contributed by atoms with E-state index in [-0.39, 0.29) is 18.6 Å². The fourth-order valence-electron chi connectivity index (χ4n) is 3.77.